The van der Waals surface area contributed by atoms with Gasteiger partial charge in [0.2, 0.25) is 5.91 Å². The number of aryl methyl sites for hydroxylation is 1. The molecule has 0 atom stereocenters. The fraction of sp³-hybridized carbons (Fsp3) is 0.692. The smallest absolute Gasteiger partial charge is 0.233 e. The highest BCUT2D eigenvalue weighted by atomic mass is 16.1. The maximum Gasteiger partial charge on any atom is 0.233 e. The van der Waals surface area contributed by atoms with Crippen molar-refractivity contribution in [2.75, 3.05) is 13.1 Å². The van der Waals surface area contributed by atoms with E-state index in [1.807, 2.05) is 37.9 Å². The first-order chi connectivity index (χ1) is 8.47. The van der Waals surface area contributed by atoms with Crippen LogP contribution in [0.2, 0.25) is 0 Å². The van der Waals surface area contributed by atoms with Crippen molar-refractivity contribution in [1.82, 2.24) is 20.2 Å². The van der Waals surface area contributed by atoms with Crippen molar-refractivity contribution in [3.8, 4) is 0 Å². The first-order valence-corrected chi connectivity index (χ1v) is 6.45. The number of aromatic nitrogens is 2. The second-order valence-corrected chi connectivity index (χ2v) is 5.46. The standard InChI is InChI=1S/C13H24N4O/c1-13(2,3)16-10-12(18)15-6-4-5-8-17-9-7-14-11-17/h7,9,11,16H,4-6,8,10H2,1-3H3,(H,15,18). The van der Waals surface area contributed by atoms with Crippen LogP contribution < -0.4 is 10.6 Å². The van der Waals surface area contributed by atoms with Crippen molar-refractivity contribution < 1.29 is 4.79 Å². The summed E-state index contributed by atoms with van der Waals surface area (Å²) in [5.41, 5.74) is -0.0151. The number of rotatable bonds is 7. The molecule has 0 radical (unpaired) electrons. The van der Waals surface area contributed by atoms with Gasteiger partial charge in [0.05, 0.1) is 12.9 Å². The minimum absolute atomic E-state index is 0.0151. The van der Waals surface area contributed by atoms with Crippen LogP contribution >= 0.6 is 0 Å². The maximum atomic E-state index is 11.5. The summed E-state index contributed by atoms with van der Waals surface area (Å²) in [4.78, 5) is 15.5. The van der Waals surface area contributed by atoms with Crippen LogP contribution in [0, 0.1) is 0 Å². The van der Waals surface area contributed by atoms with Crippen LogP contribution in [0.4, 0.5) is 0 Å². The van der Waals surface area contributed by atoms with E-state index >= 15 is 0 Å². The van der Waals surface area contributed by atoms with Gasteiger partial charge in [-0.3, -0.25) is 4.79 Å². The predicted octanol–water partition coefficient (Wildman–Crippen LogP) is 1.17. The molecular weight excluding hydrogens is 228 g/mol. The molecule has 0 unspecified atom stereocenters. The van der Waals surface area contributed by atoms with Gasteiger partial charge in [0.1, 0.15) is 0 Å². The minimum atomic E-state index is -0.0151. The van der Waals surface area contributed by atoms with E-state index in [-0.39, 0.29) is 11.4 Å². The SMILES string of the molecule is CC(C)(C)NCC(=O)NCCCCn1ccnc1. The lowest BCUT2D eigenvalue weighted by Crippen LogP contribution is -2.43. The van der Waals surface area contributed by atoms with Gasteiger partial charge in [0.25, 0.3) is 0 Å². The monoisotopic (exact) mass is 252 g/mol. The largest absolute Gasteiger partial charge is 0.355 e. The second kappa shape index (κ2) is 7.16. The van der Waals surface area contributed by atoms with Crippen molar-refractivity contribution in [3.05, 3.63) is 18.7 Å². The number of amides is 1. The Morgan fingerprint density at radius 3 is 2.72 bits per heavy atom. The predicted molar refractivity (Wildman–Crippen MR) is 72.2 cm³/mol. The molecule has 0 saturated heterocycles. The molecule has 1 heterocycles. The molecule has 18 heavy (non-hydrogen) atoms. The lowest BCUT2D eigenvalue weighted by molar-refractivity contribution is -0.120. The van der Waals surface area contributed by atoms with Crippen molar-refractivity contribution in [3.63, 3.8) is 0 Å². The highest BCUT2D eigenvalue weighted by Gasteiger charge is 2.10. The van der Waals surface area contributed by atoms with Crippen LogP contribution in [0.25, 0.3) is 0 Å². The Morgan fingerprint density at radius 2 is 2.11 bits per heavy atom. The van der Waals surface area contributed by atoms with Crippen LogP contribution in [0.5, 0.6) is 0 Å². The second-order valence-electron chi connectivity index (χ2n) is 5.46. The molecule has 5 heteroatoms. The molecule has 0 fully saturated rings. The fourth-order valence-electron chi connectivity index (χ4n) is 1.47. The molecule has 2 N–H and O–H groups in total. The van der Waals surface area contributed by atoms with Crippen molar-refractivity contribution in [2.45, 2.75) is 45.7 Å². The van der Waals surface area contributed by atoms with Gasteiger partial charge in [-0.1, -0.05) is 0 Å². The summed E-state index contributed by atoms with van der Waals surface area (Å²) in [6.07, 6.45) is 7.57. The van der Waals surface area contributed by atoms with E-state index in [4.69, 9.17) is 0 Å². The molecule has 0 aliphatic heterocycles. The first kappa shape index (κ1) is 14.7. The Bertz CT molecular complexity index is 340. The molecular formula is C13H24N4O. The van der Waals surface area contributed by atoms with E-state index in [1.165, 1.54) is 0 Å². The van der Waals surface area contributed by atoms with E-state index in [9.17, 15) is 4.79 Å². The molecule has 0 spiro atoms. The van der Waals surface area contributed by atoms with E-state index < -0.39 is 0 Å². The van der Waals surface area contributed by atoms with Crippen LogP contribution in [0.15, 0.2) is 18.7 Å². The minimum Gasteiger partial charge on any atom is -0.355 e. The summed E-state index contributed by atoms with van der Waals surface area (Å²) >= 11 is 0. The summed E-state index contributed by atoms with van der Waals surface area (Å²) < 4.78 is 2.04. The topological polar surface area (TPSA) is 59.0 Å². The Morgan fingerprint density at radius 1 is 1.33 bits per heavy atom. The number of imidazole rings is 1. The molecule has 1 amide bonds. The normalized spacial score (nSPS) is 11.5. The zero-order chi connectivity index (χ0) is 13.4. The number of unbranched alkanes of at least 4 members (excludes halogenated alkanes) is 1. The van der Waals surface area contributed by atoms with Crippen LogP contribution in [-0.4, -0.2) is 34.1 Å². The molecule has 5 nitrogen and oxygen atoms in total. The molecule has 0 aromatic carbocycles. The molecule has 0 aliphatic carbocycles. The number of nitrogens with zero attached hydrogens (tertiary/aromatic N) is 2. The fourth-order valence-corrected chi connectivity index (χ4v) is 1.47. The summed E-state index contributed by atoms with van der Waals surface area (Å²) in [5.74, 6) is 0.0626. The Kier molecular flexibility index (Phi) is 5.85. The average Bonchev–Trinajstić information content (AvgIpc) is 2.78. The average molecular weight is 252 g/mol. The van der Waals surface area contributed by atoms with Crippen molar-refractivity contribution in [2.24, 2.45) is 0 Å². The zero-order valence-electron chi connectivity index (χ0n) is 11.6. The molecule has 102 valence electrons. The van der Waals surface area contributed by atoms with Crippen LogP contribution in [-0.2, 0) is 11.3 Å². The number of hydrogen-bond donors (Lipinski definition) is 2. The molecule has 0 aliphatic rings. The summed E-state index contributed by atoms with van der Waals surface area (Å²) in [5, 5.41) is 6.07. The summed E-state index contributed by atoms with van der Waals surface area (Å²) in [6, 6.07) is 0. The number of nitrogens with one attached hydrogen (secondary N) is 2. The molecule has 1 aromatic rings. The van der Waals surface area contributed by atoms with E-state index in [0.717, 1.165) is 25.9 Å². The molecule has 0 saturated carbocycles. The van der Waals surface area contributed by atoms with Gasteiger partial charge in [-0.2, -0.15) is 0 Å². The van der Waals surface area contributed by atoms with Crippen LogP contribution in [0.3, 0.4) is 0 Å². The Balaban J connectivity index is 1.99. The third-order valence-electron chi connectivity index (χ3n) is 2.50. The first-order valence-electron chi connectivity index (χ1n) is 6.45. The van der Waals surface area contributed by atoms with Gasteiger partial charge >= 0.3 is 0 Å². The Hall–Kier alpha value is -1.36. The molecule has 1 rings (SSSR count). The van der Waals surface area contributed by atoms with Gasteiger partial charge in [-0.15, -0.1) is 0 Å². The van der Waals surface area contributed by atoms with Gasteiger partial charge in [-0.05, 0) is 33.6 Å². The molecule has 1 aromatic heterocycles. The van der Waals surface area contributed by atoms with E-state index in [1.54, 1.807) is 6.20 Å². The lowest BCUT2D eigenvalue weighted by atomic mass is 10.1. The number of carbonyl (C=O) groups excluding carboxylic acids is 1. The lowest BCUT2D eigenvalue weighted by Gasteiger charge is -2.19. The van der Waals surface area contributed by atoms with Gasteiger partial charge in [-0.25, -0.2) is 4.98 Å². The highest BCUT2D eigenvalue weighted by Crippen LogP contribution is 1.97. The number of carbonyl (C=O) groups is 1. The third kappa shape index (κ3) is 7.06. The van der Waals surface area contributed by atoms with Crippen molar-refractivity contribution in [1.29, 1.82) is 0 Å². The third-order valence-corrected chi connectivity index (χ3v) is 2.50. The van der Waals surface area contributed by atoms with E-state index in [2.05, 4.69) is 15.6 Å². The Labute approximate surface area is 109 Å². The van der Waals surface area contributed by atoms with Gasteiger partial charge in [0.15, 0.2) is 0 Å². The maximum absolute atomic E-state index is 11.5. The molecule has 0 bridgehead atoms. The van der Waals surface area contributed by atoms with Gasteiger partial charge < -0.3 is 15.2 Å². The summed E-state index contributed by atoms with van der Waals surface area (Å²) in [7, 11) is 0. The highest BCUT2D eigenvalue weighted by molar-refractivity contribution is 5.78. The van der Waals surface area contributed by atoms with Crippen LogP contribution in [0.1, 0.15) is 33.6 Å². The quantitative estimate of drug-likeness (QED) is 0.716. The zero-order valence-corrected chi connectivity index (χ0v) is 11.6. The number of hydrogen-bond acceptors (Lipinski definition) is 3. The van der Waals surface area contributed by atoms with Gasteiger partial charge in [0, 0.05) is 31.0 Å². The summed E-state index contributed by atoms with van der Waals surface area (Å²) in [6.45, 7) is 8.21. The van der Waals surface area contributed by atoms with E-state index in [0.29, 0.717) is 6.54 Å². The van der Waals surface area contributed by atoms with Crippen molar-refractivity contribution >= 4 is 5.91 Å².